The molecule has 0 spiro atoms. The Morgan fingerprint density at radius 1 is 0.930 bits per heavy atom. The van der Waals surface area contributed by atoms with Gasteiger partial charge in [-0.1, -0.05) is 125 Å². The van der Waals surface area contributed by atoms with Gasteiger partial charge in [0.2, 0.25) is 0 Å². The summed E-state index contributed by atoms with van der Waals surface area (Å²) in [6.07, 6.45) is 20.3. The third-order valence-corrected chi connectivity index (χ3v) is 11.6. The van der Waals surface area contributed by atoms with Gasteiger partial charge in [0.15, 0.2) is 0 Å². The van der Waals surface area contributed by atoms with Gasteiger partial charge in [-0.25, -0.2) is 0 Å². The van der Waals surface area contributed by atoms with Gasteiger partial charge < -0.3 is 0 Å². The summed E-state index contributed by atoms with van der Waals surface area (Å²) in [7, 11) is 0. The van der Waals surface area contributed by atoms with E-state index in [0.717, 1.165) is 42.9 Å². The zero-order chi connectivity index (χ0) is 30.5. The van der Waals surface area contributed by atoms with Crippen molar-refractivity contribution < 1.29 is 0 Å². The third kappa shape index (κ3) is 6.45. The van der Waals surface area contributed by atoms with Crippen molar-refractivity contribution in [2.45, 2.75) is 106 Å². The van der Waals surface area contributed by atoms with Crippen LogP contribution >= 0.6 is 0 Å². The van der Waals surface area contributed by atoms with E-state index in [1.807, 2.05) is 0 Å². The fraction of sp³-hybridized carbons (Fsp3) is 0.535. The summed E-state index contributed by atoms with van der Waals surface area (Å²) >= 11 is 0. The maximum atomic E-state index is 4.64. The highest BCUT2D eigenvalue weighted by Crippen LogP contribution is 2.49. The average molecular weight is 573 g/mol. The van der Waals surface area contributed by atoms with E-state index < -0.39 is 0 Å². The zero-order valence-electron chi connectivity index (χ0n) is 28.1. The molecule has 2 aromatic carbocycles. The van der Waals surface area contributed by atoms with Gasteiger partial charge in [-0.15, -0.1) is 0 Å². The molecule has 6 rings (SSSR count). The third-order valence-electron chi connectivity index (χ3n) is 11.6. The molecule has 0 aromatic heterocycles. The number of hydrogen-bond acceptors (Lipinski definition) is 0. The van der Waals surface area contributed by atoms with Crippen molar-refractivity contribution in [2.24, 2.45) is 40.9 Å². The number of hydrogen-bond donors (Lipinski definition) is 0. The first-order valence-electron chi connectivity index (χ1n) is 17.4. The molecular formula is C43H56. The van der Waals surface area contributed by atoms with Crippen molar-refractivity contribution in [3.63, 3.8) is 0 Å². The lowest BCUT2D eigenvalue weighted by Crippen LogP contribution is -2.36. The Hall–Kier alpha value is -2.60. The van der Waals surface area contributed by atoms with E-state index in [2.05, 4.69) is 103 Å². The van der Waals surface area contributed by atoms with Gasteiger partial charge in [0.05, 0.1) is 0 Å². The SMILES string of the molecule is C=C1C=CC(CC(C)(C)C)C(=C)C1CC1=Cc2cccc(-c3cc(C)cc(C)c3CC3CC(C4CCCCC4C)C3)c2C1. The van der Waals surface area contributed by atoms with Crippen molar-refractivity contribution in [3.8, 4) is 11.1 Å². The summed E-state index contributed by atoms with van der Waals surface area (Å²) in [5, 5.41) is 0. The first-order valence-corrected chi connectivity index (χ1v) is 17.4. The minimum Gasteiger partial charge on any atom is -0.0986 e. The number of aryl methyl sites for hydroxylation is 2. The van der Waals surface area contributed by atoms with Crippen LogP contribution in [0.25, 0.3) is 17.2 Å². The lowest BCUT2D eigenvalue weighted by atomic mass is 9.60. The summed E-state index contributed by atoms with van der Waals surface area (Å²) in [4.78, 5) is 0. The van der Waals surface area contributed by atoms with Crippen LogP contribution in [-0.4, -0.2) is 0 Å². The maximum Gasteiger partial charge on any atom is 0.00827 e. The van der Waals surface area contributed by atoms with Gasteiger partial charge in [0, 0.05) is 5.92 Å². The van der Waals surface area contributed by atoms with Crippen LogP contribution < -0.4 is 0 Å². The van der Waals surface area contributed by atoms with Crippen LogP contribution in [-0.2, 0) is 12.8 Å². The predicted molar refractivity (Wildman–Crippen MR) is 187 cm³/mol. The molecule has 4 aliphatic rings. The van der Waals surface area contributed by atoms with Gasteiger partial charge in [0.1, 0.15) is 0 Å². The smallest absolute Gasteiger partial charge is 0.00827 e. The van der Waals surface area contributed by atoms with Crippen LogP contribution in [0.1, 0.15) is 107 Å². The lowest BCUT2D eigenvalue weighted by molar-refractivity contribution is 0.0641. The van der Waals surface area contributed by atoms with Crippen molar-refractivity contribution in [3.05, 3.63) is 100 Å². The molecule has 0 heterocycles. The molecule has 0 heteroatoms. The summed E-state index contributed by atoms with van der Waals surface area (Å²) < 4.78 is 0. The van der Waals surface area contributed by atoms with Gasteiger partial charge in [0.25, 0.3) is 0 Å². The molecule has 0 bridgehead atoms. The Morgan fingerprint density at radius 2 is 1.70 bits per heavy atom. The van der Waals surface area contributed by atoms with Crippen LogP contribution in [0.4, 0.5) is 0 Å². The highest BCUT2D eigenvalue weighted by Gasteiger charge is 2.38. The molecule has 2 saturated carbocycles. The Labute approximate surface area is 263 Å². The highest BCUT2D eigenvalue weighted by molar-refractivity contribution is 5.80. The molecular weight excluding hydrogens is 516 g/mol. The Balaban J connectivity index is 1.20. The van der Waals surface area contributed by atoms with Crippen molar-refractivity contribution in [2.75, 3.05) is 0 Å². The molecule has 0 radical (unpaired) electrons. The molecule has 0 nitrogen and oxygen atoms in total. The van der Waals surface area contributed by atoms with Gasteiger partial charge in [-0.3, -0.25) is 0 Å². The van der Waals surface area contributed by atoms with Crippen LogP contribution in [0.3, 0.4) is 0 Å². The summed E-state index contributed by atoms with van der Waals surface area (Å²) in [6, 6.07) is 11.9. The van der Waals surface area contributed by atoms with Gasteiger partial charge in [-0.05, 0) is 133 Å². The number of fused-ring (bicyclic) bond motifs is 1. The van der Waals surface area contributed by atoms with E-state index in [4.69, 9.17) is 0 Å². The monoisotopic (exact) mass is 572 g/mol. The number of allylic oxidation sites excluding steroid dienone is 5. The summed E-state index contributed by atoms with van der Waals surface area (Å²) in [5.41, 5.74) is 14.8. The number of benzene rings is 2. The second-order valence-electron chi connectivity index (χ2n) is 16.3. The minimum atomic E-state index is 0.289. The molecule has 4 aliphatic carbocycles. The molecule has 4 unspecified atom stereocenters. The van der Waals surface area contributed by atoms with Crippen molar-refractivity contribution in [1.82, 2.24) is 0 Å². The van der Waals surface area contributed by atoms with E-state index in [9.17, 15) is 0 Å². The fourth-order valence-electron chi connectivity index (χ4n) is 9.32. The molecule has 0 amide bonds. The molecule has 2 fully saturated rings. The molecule has 43 heavy (non-hydrogen) atoms. The quantitative estimate of drug-likeness (QED) is 0.289. The molecule has 2 aromatic rings. The van der Waals surface area contributed by atoms with Crippen LogP contribution in [0.2, 0.25) is 0 Å². The molecule has 0 aliphatic heterocycles. The fourth-order valence-corrected chi connectivity index (χ4v) is 9.32. The second-order valence-corrected chi connectivity index (χ2v) is 16.3. The Bertz CT molecular complexity index is 1450. The molecule has 0 N–H and O–H groups in total. The van der Waals surface area contributed by atoms with Gasteiger partial charge in [-0.2, -0.15) is 0 Å². The average Bonchev–Trinajstić information content (AvgIpc) is 3.34. The number of rotatable bonds is 7. The lowest BCUT2D eigenvalue weighted by Gasteiger charge is -2.45. The van der Waals surface area contributed by atoms with Crippen molar-refractivity contribution in [1.29, 1.82) is 0 Å². The van der Waals surface area contributed by atoms with E-state index >= 15 is 0 Å². The van der Waals surface area contributed by atoms with E-state index in [1.54, 1.807) is 5.56 Å². The molecule has 0 saturated heterocycles. The van der Waals surface area contributed by atoms with Crippen molar-refractivity contribution >= 4 is 6.08 Å². The topological polar surface area (TPSA) is 0 Å². The summed E-state index contributed by atoms with van der Waals surface area (Å²) in [5.74, 6) is 4.54. The van der Waals surface area contributed by atoms with E-state index in [-0.39, 0.29) is 5.41 Å². The first-order chi connectivity index (χ1) is 20.5. The maximum absolute atomic E-state index is 4.64. The summed E-state index contributed by atoms with van der Waals surface area (Å²) in [6.45, 7) is 23.3. The normalized spacial score (nSPS) is 28.9. The zero-order valence-corrected chi connectivity index (χ0v) is 28.1. The minimum absolute atomic E-state index is 0.289. The highest BCUT2D eigenvalue weighted by atomic mass is 14.4. The van der Waals surface area contributed by atoms with Crippen LogP contribution in [0, 0.1) is 54.8 Å². The van der Waals surface area contributed by atoms with Crippen LogP contribution in [0.15, 0.2) is 72.4 Å². The van der Waals surface area contributed by atoms with Gasteiger partial charge >= 0.3 is 0 Å². The molecule has 4 atom stereocenters. The van der Waals surface area contributed by atoms with Crippen LogP contribution in [0.5, 0.6) is 0 Å². The second kappa shape index (κ2) is 12.1. The first kappa shape index (κ1) is 30.4. The largest absolute Gasteiger partial charge is 0.0986 e. The van der Waals surface area contributed by atoms with E-state index in [0.29, 0.717) is 11.8 Å². The Morgan fingerprint density at radius 3 is 2.44 bits per heavy atom. The molecule has 228 valence electrons. The Kier molecular flexibility index (Phi) is 8.54. The predicted octanol–water partition coefficient (Wildman–Crippen LogP) is 12.0. The standard InChI is InChI=1S/C43H56/c1-27-18-30(4)40(24-32-21-36(22-32)37-14-10-9-12-28(37)2)42(19-27)38-15-11-13-34-20-33(25-41(34)38)23-39-29(3)16-17-35(31(39)5)26-43(6,7)8/h11,13,15-20,28,32,35-37,39H,3,5,9-10,12,14,21-26H2,1-2,4,6-8H3. The van der Waals surface area contributed by atoms with E-state index in [1.165, 1.54) is 95.0 Å².